The Hall–Kier alpha value is -1.64. The fourth-order valence-corrected chi connectivity index (χ4v) is 1.42. The van der Waals surface area contributed by atoms with Crippen molar-refractivity contribution in [3.8, 4) is 0 Å². The molecule has 1 aromatic carbocycles. The number of hydrogen-bond donors (Lipinski definition) is 0. The smallest absolute Gasteiger partial charge is 0.226 e. The van der Waals surface area contributed by atoms with Gasteiger partial charge in [0, 0.05) is 20.4 Å². The lowest BCUT2D eigenvalue weighted by Gasteiger charge is -2.16. The van der Waals surface area contributed by atoms with Crippen LogP contribution in [0.1, 0.15) is 19.4 Å². The second-order valence-electron chi connectivity index (χ2n) is 3.43. The van der Waals surface area contributed by atoms with Crippen LogP contribution in [0.4, 0.5) is 0 Å². The first-order chi connectivity index (χ1) is 7.11. The quantitative estimate of drug-likeness (QED) is 0.752. The van der Waals surface area contributed by atoms with Gasteiger partial charge in [0.15, 0.2) is 0 Å². The number of amides is 2. The largest absolute Gasteiger partial charge is 0.283 e. The highest BCUT2D eigenvalue weighted by Crippen LogP contribution is 2.02. The lowest BCUT2D eigenvalue weighted by atomic mass is 10.1. The molecule has 3 heteroatoms. The standard InChI is InChI=1S/C12H15NO2/c1-10(14)13(11(2)15)9-8-12-6-4-3-5-7-12/h3-7H,8-9H2,1-2H3. The monoisotopic (exact) mass is 205 g/mol. The van der Waals surface area contributed by atoms with Gasteiger partial charge in [-0.1, -0.05) is 30.3 Å². The number of nitrogens with zero attached hydrogens (tertiary/aromatic N) is 1. The Kier molecular flexibility index (Phi) is 4.03. The van der Waals surface area contributed by atoms with Gasteiger partial charge < -0.3 is 0 Å². The Bertz CT molecular complexity index is 332. The van der Waals surface area contributed by atoms with Crippen molar-refractivity contribution < 1.29 is 9.59 Å². The van der Waals surface area contributed by atoms with Crippen LogP contribution < -0.4 is 0 Å². The Morgan fingerprint density at radius 1 is 1.07 bits per heavy atom. The van der Waals surface area contributed by atoms with Gasteiger partial charge in [-0.25, -0.2) is 0 Å². The molecule has 0 heterocycles. The third-order valence-electron chi connectivity index (χ3n) is 2.23. The van der Waals surface area contributed by atoms with E-state index in [1.165, 1.54) is 18.7 Å². The average Bonchev–Trinajstić information content (AvgIpc) is 2.18. The minimum atomic E-state index is -0.196. The summed E-state index contributed by atoms with van der Waals surface area (Å²) in [4.78, 5) is 23.5. The lowest BCUT2D eigenvalue weighted by molar-refractivity contribution is -0.141. The van der Waals surface area contributed by atoms with E-state index in [1.54, 1.807) is 0 Å². The number of rotatable bonds is 3. The van der Waals surface area contributed by atoms with Crippen LogP contribution in [0.2, 0.25) is 0 Å². The van der Waals surface area contributed by atoms with Gasteiger partial charge in [0.2, 0.25) is 11.8 Å². The fourth-order valence-electron chi connectivity index (χ4n) is 1.42. The molecule has 0 bridgehead atoms. The molecule has 0 aliphatic carbocycles. The Labute approximate surface area is 89.7 Å². The third-order valence-corrected chi connectivity index (χ3v) is 2.23. The van der Waals surface area contributed by atoms with Crippen LogP contribution in [0.15, 0.2) is 30.3 Å². The third kappa shape index (κ3) is 3.54. The molecule has 0 fully saturated rings. The molecule has 15 heavy (non-hydrogen) atoms. The second-order valence-corrected chi connectivity index (χ2v) is 3.43. The van der Waals surface area contributed by atoms with Crippen molar-refractivity contribution in [3.05, 3.63) is 35.9 Å². The van der Waals surface area contributed by atoms with Crippen LogP contribution in [0.25, 0.3) is 0 Å². The van der Waals surface area contributed by atoms with Crippen molar-refractivity contribution in [1.82, 2.24) is 4.90 Å². The van der Waals surface area contributed by atoms with Gasteiger partial charge in [-0.05, 0) is 12.0 Å². The number of carbonyl (C=O) groups excluding carboxylic acids is 2. The SMILES string of the molecule is CC(=O)N(CCc1ccccc1)C(C)=O. The van der Waals surface area contributed by atoms with Gasteiger partial charge in [0.1, 0.15) is 0 Å². The van der Waals surface area contributed by atoms with E-state index in [0.29, 0.717) is 13.0 Å². The molecule has 0 spiro atoms. The van der Waals surface area contributed by atoms with Crippen LogP contribution in [0.3, 0.4) is 0 Å². The van der Waals surface area contributed by atoms with E-state index in [2.05, 4.69) is 0 Å². The molecule has 0 unspecified atom stereocenters. The van der Waals surface area contributed by atoms with E-state index < -0.39 is 0 Å². The maximum absolute atomic E-state index is 11.1. The van der Waals surface area contributed by atoms with Gasteiger partial charge in [0.05, 0.1) is 0 Å². The molecule has 0 aliphatic rings. The van der Waals surface area contributed by atoms with E-state index in [-0.39, 0.29) is 11.8 Å². The molecule has 1 aromatic rings. The predicted molar refractivity (Wildman–Crippen MR) is 58.2 cm³/mol. The Morgan fingerprint density at radius 2 is 1.60 bits per heavy atom. The van der Waals surface area contributed by atoms with E-state index >= 15 is 0 Å². The summed E-state index contributed by atoms with van der Waals surface area (Å²) in [6, 6.07) is 9.80. The minimum Gasteiger partial charge on any atom is -0.283 e. The molecule has 80 valence electrons. The first-order valence-corrected chi connectivity index (χ1v) is 4.94. The zero-order valence-corrected chi connectivity index (χ0v) is 9.06. The number of imide groups is 1. The molecular weight excluding hydrogens is 190 g/mol. The van der Waals surface area contributed by atoms with Crippen LogP contribution in [-0.2, 0) is 16.0 Å². The van der Waals surface area contributed by atoms with Gasteiger partial charge in [-0.3, -0.25) is 14.5 Å². The summed E-state index contributed by atoms with van der Waals surface area (Å²) in [5.41, 5.74) is 1.13. The zero-order valence-electron chi connectivity index (χ0n) is 9.06. The number of benzene rings is 1. The molecule has 1 rings (SSSR count). The number of carbonyl (C=O) groups is 2. The molecular formula is C12H15NO2. The highest BCUT2D eigenvalue weighted by Gasteiger charge is 2.12. The van der Waals surface area contributed by atoms with Gasteiger partial charge in [0.25, 0.3) is 0 Å². The van der Waals surface area contributed by atoms with Gasteiger partial charge >= 0.3 is 0 Å². The second kappa shape index (κ2) is 5.29. The summed E-state index contributed by atoms with van der Waals surface area (Å²) in [5.74, 6) is -0.392. The molecule has 0 N–H and O–H groups in total. The molecule has 2 amide bonds. The molecule has 0 saturated heterocycles. The van der Waals surface area contributed by atoms with Crippen LogP contribution in [-0.4, -0.2) is 23.3 Å². The summed E-state index contributed by atoms with van der Waals surface area (Å²) >= 11 is 0. The minimum absolute atomic E-state index is 0.196. The first kappa shape index (κ1) is 11.4. The summed E-state index contributed by atoms with van der Waals surface area (Å²) in [6.45, 7) is 3.27. The fraction of sp³-hybridized carbons (Fsp3) is 0.333. The van der Waals surface area contributed by atoms with Crippen molar-refractivity contribution >= 4 is 11.8 Å². The molecule has 0 aliphatic heterocycles. The Balaban J connectivity index is 2.55. The number of hydrogen-bond acceptors (Lipinski definition) is 2. The predicted octanol–water partition coefficient (Wildman–Crippen LogP) is 1.62. The molecule has 0 aromatic heterocycles. The first-order valence-electron chi connectivity index (χ1n) is 4.94. The summed E-state index contributed by atoms with van der Waals surface area (Å²) < 4.78 is 0. The summed E-state index contributed by atoms with van der Waals surface area (Å²) in [6.07, 6.45) is 0.708. The molecule has 3 nitrogen and oxygen atoms in total. The van der Waals surface area contributed by atoms with Crippen LogP contribution in [0.5, 0.6) is 0 Å². The van der Waals surface area contributed by atoms with Crippen molar-refractivity contribution in [3.63, 3.8) is 0 Å². The summed E-state index contributed by atoms with van der Waals surface area (Å²) in [7, 11) is 0. The van der Waals surface area contributed by atoms with Crippen LogP contribution >= 0.6 is 0 Å². The van der Waals surface area contributed by atoms with Crippen molar-refractivity contribution in [2.45, 2.75) is 20.3 Å². The molecule has 0 radical (unpaired) electrons. The van der Waals surface area contributed by atoms with Crippen LogP contribution in [0, 0.1) is 0 Å². The van der Waals surface area contributed by atoms with E-state index in [9.17, 15) is 9.59 Å². The highest BCUT2D eigenvalue weighted by molar-refractivity contribution is 5.92. The lowest BCUT2D eigenvalue weighted by Crippen LogP contribution is -2.34. The zero-order chi connectivity index (χ0) is 11.3. The molecule has 0 saturated carbocycles. The van der Waals surface area contributed by atoms with Gasteiger partial charge in [-0.2, -0.15) is 0 Å². The van der Waals surface area contributed by atoms with E-state index in [0.717, 1.165) is 5.56 Å². The van der Waals surface area contributed by atoms with Crippen molar-refractivity contribution in [2.75, 3.05) is 6.54 Å². The molecule has 0 atom stereocenters. The highest BCUT2D eigenvalue weighted by atomic mass is 16.2. The van der Waals surface area contributed by atoms with E-state index in [4.69, 9.17) is 0 Å². The maximum Gasteiger partial charge on any atom is 0.226 e. The Morgan fingerprint density at radius 3 is 2.07 bits per heavy atom. The van der Waals surface area contributed by atoms with Crippen molar-refractivity contribution in [1.29, 1.82) is 0 Å². The topological polar surface area (TPSA) is 37.4 Å². The van der Waals surface area contributed by atoms with Gasteiger partial charge in [-0.15, -0.1) is 0 Å². The van der Waals surface area contributed by atoms with E-state index in [1.807, 2.05) is 30.3 Å². The summed E-state index contributed by atoms with van der Waals surface area (Å²) in [5, 5.41) is 0. The van der Waals surface area contributed by atoms with Crippen molar-refractivity contribution in [2.24, 2.45) is 0 Å². The normalized spacial score (nSPS) is 9.73. The maximum atomic E-state index is 11.1. The average molecular weight is 205 g/mol.